The number of nitrogens with zero attached hydrogens (tertiary/aromatic N) is 2. The maximum atomic E-state index is 12.3. The van der Waals surface area contributed by atoms with Gasteiger partial charge in [-0.25, -0.2) is 0 Å². The average molecular weight is 244 g/mol. The summed E-state index contributed by atoms with van der Waals surface area (Å²) >= 11 is 0. The third kappa shape index (κ3) is 1.97. The molecule has 4 nitrogen and oxygen atoms in total. The molecule has 1 fully saturated rings. The summed E-state index contributed by atoms with van der Waals surface area (Å²) in [6.07, 6.45) is 6.65. The van der Waals surface area contributed by atoms with Crippen LogP contribution in [0.2, 0.25) is 0 Å². The molecule has 18 heavy (non-hydrogen) atoms. The number of rotatable bonds is 3. The molecular formula is C14H16N2O2. The van der Waals surface area contributed by atoms with E-state index in [-0.39, 0.29) is 5.97 Å². The molecule has 0 aromatic carbocycles. The van der Waals surface area contributed by atoms with Crippen LogP contribution in [0.1, 0.15) is 43.7 Å². The number of carbonyl (C=O) groups excluding carboxylic acids is 1. The highest BCUT2D eigenvalue weighted by Gasteiger charge is 2.45. The Morgan fingerprint density at radius 1 is 1.56 bits per heavy atom. The number of carbonyl (C=O) groups is 1. The van der Waals surface area contributed by atoms with Crippen LogP contribution in [0.15, 0.2) is 18.5 Å². The third-order valence-corrected chi connectivity index (χ3v) is 3.58. The molecule has 2 rings (SSSR count). The third-order valence-electron chi connectivity index (χ3n) is 3.58. The summed E-state index contributed by atoms with van der Waals surface area (Å²) in [7, 11) is 0. The van der Waals surface area contributed by atoms with Gasteiger partial charge in [0, 0.05) is 12.4 Å². The van der Waals surface area contributed by atoms with Crippen LogP contribution in [0.4, 0.5) is 0 Å². The van der Waals surface area contributed by atoms with E-state index in [1.165, 1.54) is 6.20 Å². The van der Waals surface area contributed by atoms with Crippen molar-refractivity contribution in [2.75, 3.05) is 6.61 Å². The Hall–Kier alpha value is -1.89. The van der Waals surface area contributed by atoms with Crippen molar-refractivity contribution in [2.24, 2.45) is 0 Å². The fraction of sp³-hybridized carbons (Fsp3) is 0.500. The number of nitriles is 1. The lowest BCUT2D eigenvalue weighted by Crippen LogP contribution is -2.35. The first-order valence-corrected chi connectivity index (χ1v) is 6.26. The van der Waals surface area contributed by atoms with Crippen LogP contribution in [0.5, 0.6) is 0 Å². The molecule has 4 heteroatoms. The maximum Gasteiger partial charge on any atom is 0.316 e. The molecule has 0 atom stereocenters. The lowest BCUT2D eigenvalue weighted by molar-refractivity contribution is -0.150. The quantitative estimate of drug-likeness (QED) is 0.765. The van der Waals surface area contributed by atoms with Crippen LogP contribution < -0.4 is 0 Å². The predicted molar refractivity (Wildman–Crippen MR) is 65.7 cm³/mol. The van der Waals surface area contributed by atoms with E-state index in [9.17, 15) is 4.79 Å². The summed E-state index contributed by atoms with van der Waals surface area (Å²) in [6, 6.07) is 3.90. The summed E-state index contributed by atoms with van der Waals surface area (Å²) in [6.45, 7) is 2.17. The Morgan fingerprint density at radius 3 is 2.89 bits per heavy atom. The highest BCUT2D eigenvalue weighted by molar-refractivity contribution is 5.84. The van der Waals surface area contributed by atoms with Gasteiger partial charge in [-0.1, -0.05) is 12.8 Å². The topological polar surface area (TPSA) is 63.0 Å². The molecule has 1 aromatic rings. The van der Waals surface area contributed by atoms with Crippen molar-refractivity contribution in [3.63, 3.8) is 0 Å². The van der Waals surface area contributed by atoms with Gasteiger partial charge < -0.3 is 4.74 Å². The normalized spacial score (nSPS) is 17.1. The predicted octanol–water partition coefficient (Wildman–Crippen LogP) is 2.33. The SMILES string of the molecule is CCOC(=O)C1(c2ccncc2C#N)CCCC1. The first kappa shape index (κ1) is 12.6. The van der Waals surface area contributed by atoms with Crippen molar-refractivity contribution in [1.82, 2.24) is 4.98 Å². The van der Waals surface area contributed by atoms with Gasteiger partial charge in [-0.05, 0) is 31.4 Å². The first-order chi connectivity index (χ1) is 8.74. The van der Waals surface area contributed by atoms with E-state index >= 15 is 0 Å². The van der Waals surface area contributed by atoms with Crippen molar-refractivity contribution in [3.05, 3.63) is 29.6 Å². The average Bonchev–Trinajstić information content (AvgIpc) is 2.89. The molecule has 1 aliphatic rings. The van der Waals surface area contributed by atoms with Gasteiger partial charge in [0.1, 0.15) is 6.07 Å². The van der Waals surface area contributed by atoms with E-state index < -0.39 is 5.41 Å². The van der Waals surface area contributed by atoms with Gasteiger partial charge in [0.2, 0.25) is 0 Å². The number of hydrogen-bond acceptors (Lipinski definition) is 4. The standard InChI is InChI=1S/C14H16N2O2/c1-2-18-13(17)14(6-3-4-7-14)12-5-8-16-10-11(12)9-15/h5,8,10H,2-4,6-7H2,1H3. The van der Waals surface area contributed by atoms with Gasteiger partial charge in [-0.15, -0.1) is 0 Å². The summed E-state index contributed by atoms with van der Waals surface area (Å²) in [5.74, 6) is -0.204. The second kappa shape index (κ2) is 5.18. The number of hydrogen-bond donors (Lipinski definition) is 0. The van der Waals surface area contributed by atoms with Crippen LogP contribution in [-0.2, 0) is 14.9 Å². The first-order valence-electron chi connectivity index (χ1n) is 6.26. The molecule has 0 bridgehead atoms. The van der Waals surface area contributed by atoms with Crippen LogP contribution >= 0.6 is 0 Å². The fourth-order valence-electron chi connectivity index (χ4n) is 2.73. The van der Waals surface area contributed by atoms with E-state index in [1.807, 2.05) is 0 Å². The monoisotopic (exact) mass is 244 g/mol. The molecule has 1 aromatic heterocycles. The lowest BCUT2D eigenvalue weighted by Gasteiger charge is -2.27. The van der Waals surface area contributed by atoms with E-state index in [2.05, 4.69) is 11.1 Å². The van der Waals surface area contributed by atoms with Gasteiger partial charge in [0.05, 0.1) is 17.6 Å². The summed E-state index contributed by atoms with van der Waals surface area (Å²) < 4.78 is 5.21. The smallest absolute Gasteiger partial charge is 0.316 e. The Kier molecular flexibility index (Phi) is 3.61. The summed E-state index contributed by atoms with van der Waals surface area (Å²) in [4.78, 5) is 16.2. The van der Waals surface area contributed by atoms with Crippen LogP contribution in [0.25, 0.3) is 0 Å². The molecule has 0 aliphatic heterocycles. The zero-order chi connectivity index (χ0) is 13.0. The van der Waals surface area contributed by atoms with Gasteiger partial charge in [0.15, 0.2) is 0 Å². The van der Waals surface area contributed by atoms with Gasteiger partial charge in [-0.3, -0.25) is 9.78 Å². The van der Waals surface area contributed by atoms with Crippen molar-refractivity contribution in [3.8, 4) is 6.07 Å². The number of esters is 1. The van der Waals surface area contributed by atoms with Gasteiger partial charge in [-0.2, -0.15) is 5.26 Å². The van der Waals surface area contributed by atoms with Crippen molar-refractivity contribution < 1.29 is 9.53 Å². The second-order valence-corrected chi connectivity index (χ2v) is 4.54. The Morgan fingerprint density at radius 2 is 2.28 bits per heavy atom. The van der Waals surface area contributed by atoms with E-state index in [4.69, 9.17) is 10.00 Å². The molecule has 0 radical (unpaired) electrons. The molecule has 0 amide bonds. The number of aromatic nitrogens is 1. The second-order valence-electron chi connectivity index (χ2n) is 4.54. The van der Waals surface area contributed by atoms with E-state index in [0.29, 0.717) is 12.2 Å². The molecule has 94 valence electrons. The maximum absolute atomic E-state index is 12.3. The van der Waals surface area contributed by atoms with Crippen LogP contribution in [0.3, 0.4) is 0 Å². The van der Waals surface area contributed by atoms with Crippen molar-refractivity contribution in [2.45, 2.75) is 38.0 Å². The highest BCUT2D eigenvalue weighted by Crippen LogP contribution is 2.43. The molecule has 1 aliphatic carbocycles. The molecular weight excluding hydrogens is 228 g/mol. The molecule has 1 heterocycles. The highest BCUT2D eigenvalue weighted by atomic mass is 16.5. The summed E-state index contributed by atoms with van der Waals surface area (Å²) in [5.41, 5.74) is 0.618. The minimum absolute atomic E-state index is 0.204. The molecule has 0 N–H and O–H groups in total. The molecule has 0 saturated heterocycles. The van der Waals surface area contributed by atoms with Crippen molar-refractivity contribution >= 4 is 5.97 Å². The number of pyridine rings is 1. The minimum atomic E-state index is -0.635. The van der Waals surface area contributed by atoms with Gasteiger partial charge in [0.25, 0.3) is 0 Å². The number of ether oxygens (including phenoxy) is 1. The summed E-state index contributed by atoms with van der Waals surface area (Å²) in [5, 5.41) is 9.16. The Bertz CT molecular complexity index is 485. The fourth-order valence-corrected chi connectivity index (χ4v) is 2.73. The van der Waals surface area contributed by atoms with Crippen LogP contribution in [-0.4, -0.2) is 17.6 Å². The van der Waals surface area contributed by atoms with Crippen molar-refractivity contribution in [1.29, 1.82) is 5.26 Å². The molecule has 1 saturated carbocycles. The largest absolute Gasteiger partial charge is 0.465 e. The lowest BCUT2D eigenvalue weighted by atomic mass is 9.77. The van der Waals surface area contributed by atoms with E-state index in [0.717, 1.165) is 31.2 Å². The molecule has 0 unspecified atom stereocenters. The van der Waals surface area contributed by atoms with E-state index in [1.54, 1.807) is 19.2 Å². The Labute approximate surface area is 107 Å². The minimum Gasteiger partial charge on any atom is -0.465 e. The Balaban J connectivity index is 2.48. The zero-order valence-corrected chi connectivity index (χ0v) is 10.5. The van der Waals surface area contributed by atoms with Gasteiger partial charge >= 0.3 is 5.97 Å². The molecule has 0 spiro atoms. The zero-order valence-electron chi connectivity index (χ0n) is 10.5. The van der Waals surface area contributed by atoms with Crippen LogP contribution in [0, 0.1) is 11.3 Å².